The van der Waals surface area contributed by atoms with E-state index < -0.39 is 5.54 Å². The fourth-order valence-corrected chi connectivity index (χ4v) is 5.57. The van der Waals surface area contributed by atoms with Crippen molar-refractivity contribution >= 4 is 17.2 Å². The zero-order valence-corrected chi connectivity index (χ0v) is 20.6. The third kappa shape index (κ3) is 5.18. The molecule has 180 valence electrons. The Kier molecular flexibility index (Phi) is 6.74. The van der Waals surface area contributed by atoms with Gasteiger partial charge < -0.3 is 15.5 Å². The molecule has 7 nitrogen and oxygen atoms in total. The molecule has 2 aromatic heterocycles. The van der Waals surface area contributed by atoms with Crippen molar-refractivity contribution in [2.45, 2.75) is 57.0 Å². The normalized spacial score (nSPS) is 20.0. The number of nitrogens with zero attached hydrogens (tertiary/aromatic N) is 3. The molecule has 5 rings (SSSR count). The van der Waals surface area contributed by atoms with Crippen LogP contribution in [0.5, 0.6) is 0 Å². The third-order valence-corrected chi connectivity index (χ3v) is 7.60. The van der Waals surface area contributed by atoms with E-state index in [1.807, 2.05) is 48.7 Å². The average Bonchev–Trinajstić information content (AvgIpc) is 3.53. The summed E-state index contributed by atoms with van der Waals surface area (Å²) < 4.78 is 6.14. The molecule has 0 aliphatic heterocycles. The fraction of sp³-hybridized carbons (Fsp3) is 0.333. The SMILES string of the molecule is Cc1csc(CNC(=O)c2cccc(Cc3nnc(C4(N)CCCCC4c4ccccc4)o3)c2)n1. The highest BCUT2D eigenvalue weighted by atomic mass is 32.1. The van der Waals surface area contributed by atoms with E-state index in [2.05, 4.69) is 32.6 Å². The lowest BCUT2D eigenvalue weighted by Crippen LogP contribution is -2.45. The summed E-state index contributed by atoms with van der Waals surface area (Å²) in [6.45, 7) is 2.35. The molecule has 35 heavy (non-hydrogen) atoms. The molecule has 2 heterocycles. The van der Waals surface area contributed by atoms with Gasteiger partial charge in [-0.1, -0.05) is 55.3 Å². The van der Waals surface area contributed by atoms with Crippen LogP contribution in [0.4, 0.5) is 0 Å². The molecule has 0 saturated heterocycles. The van der Waals surface area contributed by atoms with Crippen LogP contribution in [0.2, 0.25) is 0 Å². The minimum absolute atomic E-state index is 0.138. The Labute approximate surface area is 208 Å². The van der Waals surface area contributed by atoms with Gasteiger partial charge >= 0.3 is 0 Å². The summed E-state index contributed by atoms with van der Waals surface area (Å²) in [6.07, 6.45) is 4.41. The molecule has 3 N–H and O–H groups in total. The third-order valence-electron chi connectivity index (χ3n) is 6.63. The van der Waals surface area contributed by atoms with E-state index >= 15 is 0 Å². The number of carbonyl (C=O) groups excluding carboxylic acids is 1. The van der Waals surface area contributed by atoms with Crippen LogP contribution in [0.25, 0.3) is 0 Å². The number of hydrogen-bond donors (Lipinski definition) is 2. The highest BCUT2D eigenvalue weighted by Gasteiger charge is 2.44. The molecule has 0 radical (unpaired) electrons. The second kappa shape index (κ2) is 10.1. The van der Waals surface area contributed by atoms with Crippen LogP contribution in [0.1, 0.15) is 75.6 Å². The molecule has 2 unspecified atom stereocenters. The van der Waals surface area contributed by atoms with Gasteiger partial charge in [0.05, 0.1) is 13.0 Å². The lowest BCUT2D eigenvalue weighted by molar-refractivity contribution is 0.0950. The van der Waals surface area contributed by atoms with Gasteiger partial charge in [-0.25, -0.2) is 4.98 Å². The Balaban J connectivity index is 1.29. The molecule has 8 heteroatoms. The Morgan fingerprint density at radius 1 is 1.17 bits per heavy atom. The fourth-order valence-electron chi connectivity index (χ4n) is 4.86. The standard InChI is InChI=1S/C27H29N5O2S/c1-18-17-35-24(30-18)16-29-25(33)21-11-7-8-19(14-21)15-23-31-32-26(34-23)27(28)13-6-5-12-22(27)20-9-3-2-4-10-20/h2-4,7-11,14,17,22H,5-6,12-13,15-16,28H2,1H3,(H,29,33). The van der Waals surface area contributed by atoms with Gasteiger partial charge in [-0.15, -0.1) is 21.5 Å². The number of aryl methyl sites for hydroxylation is 1. The van der Waals surface area contributed by atoms with Crippen molar-refractivity contribution in [2.24, 2.45) is 5.73 Å². The van der Waals surface area contributed by atoms with Crippen LogP contribution in [-0.4, -0.2) is 21.1 Å². The number of rotatable bonds is 7. The monoisotopic (exact) mass is 487 g/mol. The molecule has 1 aliphatic rings. The molecule has 2 atom stereocenters. The van der Waals surface area contributed by atoms with Crippen LogP contribution in [0.3, 0.4) is 0 Å². The number of aromatic nitrogens is 3. The van der Waals surface area contributed by atoms with Gasteiger partial charge in [-0.3, -0.25) is 4.79 Å². The van der Waals surface area contributed by atoms with E-state index in [9.17, 15) is 4.79 Å². The predicted octanol–water partition coefficient (Wildman–Crippen LogP) is 4.87. The van der Waals surface area contributed by atoms with Gasteiger partial charge in [-0.05, 0) is 43.0 Å². The first kappa shape index (κ1) is 23.4. The van der Waals surface area contributed by atoms with Crippen LogP contribution in [-0.2, 0) is 18.5 Å². The van der Waals surface area contributed by atoms with Crippen molar-refractivity contribution < 1.29 is 9.21 Å². The Hall–Kier alpha value is -3.36. The van der Waals surface area contributed by atoms with Crippen molar-refractivity contribution in [3.05, 3.63) is 99.2 Å². The van der Waals surface area contributed by atoms with Crippen LogP contribution in [0.15, 0.2) is 64.4 Å². The summed E-state index contributed by atoms with van der Waals surface area (Å²) in [5, 5.41) is 14.5. The van der Waals surface area contributed by atoms with E-state index in [-0.39, 0.29) is 11.8 Å². The van der Waals surface area contributed by atoms with Crippen molar-refractivity contribution in [2.75, 3.05) is 0 Å². The smallest absolute Gasteiger partial charge is 0.251 e. The second-order valence-corrected chi connectivity index (χ2v) is 10.1. The van der Waals surface area contributed by atoms with Gasteiger partial charge in [0.1, 0.15) is 10.5 Å². The number of nitrogens with one attached hydrogen (secondary N) is 1. The van der Waals surface area contributed by atoms with Crippen molar-refractivity contribution in [3.8, 4) is 0 Å². The number of hydrogen-bond acceptors (Lipinski definition) is 7. The van der Waals surface area contributed by atoms with E-state index in [1.54, 1.807) is 17.4 Å². The minimum Gasteiger partial charge on any atom is -0.423 e. The molecule has 2 aromatic carbocycles. The van der Waals surface area contributed by atoms with E-state index in [4.69, 9.17) is 10.2 Å². The first-order valence-electron chi connectivity index (χ1n) is 12.0. The number of amides is 1. The first-order valence-corrected chi connectivity index (χ1v) is 12.8. The minimum atomic E-state index is -0.680. The summed E-state index contributed by atoms with van der Waals surface area (Å²) in [5.74, 6) is 0.992. The summed E-state index contributed by atoms with van der Waals surface area (Å²) in [4.78, 5) is 17.0. The quantitative estimate of drug-likeness (QED) is 0.385. The molecule has 1 saturated carbocycles. The van der Waals surface area contributed by atoms with Gasteiger partial charge in [0, 0.05) is 22.6 Å². The molecular weight excluding hydrogens is 458 g/mol. The van der Waals surface area contributed by atoms with Crippen LogP contribution in [0, 0.1) is 6.92 Å². The number of thiazole rings is 1. The first-order chi connectivity index (χ1) is 17.0. The maximum absolute atomic E-state index is 12.7. The highest BCUT2D eigenvalue weighted by molar-refractivity contribution is 7.09. The van der Waals surface area contributed by atoms with Gasteiger partial charge in [0.15, 0.2) is 0 Å². The Morgan fingerprint density at radius 2 is 2.03 bits per heavy atom. The van der Waals surface area contributed by atoms with Crippen molar-refractivity contribution in [1.82, 2.24) is 20.5 Å². The highest BCUT2D eigenvalue weighted by Crippen LogP contribution is 2.45. The maximum atomic E-state index is 12.7. The van der Waals surface area contributed by atoms with Crippen molar-refractivity contribution in [1.29, 1.82) is 0 Å². The summed E-state index contributed by atoms with van der Waals surface area (Å²) >= 11 is 1.54. The Morgan fingerprint density at radius 3 is 2.83 bits per heavy atom. The lowest BCUT2D eigenvalue weighted by Gasteiger charge is -2.38. The predicted molar refractivity (Wildman–Crippen MR) is 135 cm³/mol. The molecule has 1 aliphatic carbocycles. The van der Waals surface area contributed by atoms with E-state index in [0.29, 0.717) is 30.3 Å². The Bertz CT molecular complexity index is 1300. The molecule has 4 aromatic rings. The van der Waals surface area contributed by atoms with Crippen LogP contribution < -0.4 is 11.1 Å². The summed E-state index contributed by atoms with van der Waals surface area (Å²) in [6, 6.07) is 17.8. The molecule has 0 bridgehead atoms. The summed E-state index contributed by atoms with van der Waals surface area (Å²) in [5.41, 5.74) is 9.96. The lowest BCUT2D eigenvalue weighted by atomic mass is 9.70. The topological polar surface area (TPSA) is 107 Å². The van der Waals surface area contributed by atoms with Gasteiger partial charge in [0.25, 0.3) is 5.91 Å². The van der Waals surface area contributed by atoms with Gasteiger partial charge in [-0.2, -0.15) is 0 Å². The zero-order chi connectivity index (χ0) is 24.3. The van der Waals surface area contributed by atoms with E-state index in [0.717, 1.165) is 41.9 Å². The van der Waals surface area contributed by atoms with Crippen LogP contribution >= 0.6 is 11.3 Å². The maximum Gasteiger partial charge on any atom is 0.251 e. The van der Waals surface area contributed by atoms with E-state index in [1.165, 1.54) is 5.56 Å². The largest absolute Gasteiger partial charge is 0.423 e. The zero-order valence-electron chi connectivity index (χ0n) is 19.7. The number of benzene rings is 2. The molecule has 1 fully saturated rings. The second-order valence-electron chi connectivity index (χ2n) is 9.19. The number of nitrogens with two attached hydrogens (primary N) is 1. The molecule has 0 spiro atoms. The summed E-state index contributed by atoms with van der Waals surface area (Å²) in [7, 11) is 0. The molecular formula is C27H29N5O2S. The average molecular weight is 488 g/mol. The van der Waals surface area contributed by atoms with Crippen molar-refractivity contribution in [3.63, 3.8) is 0 Å². The number of carbonyl (C=O) groups is 1. The molecule has 1 amide bonds. The van der Waals surface area contributed by atoms with Gasteiger partial charge in [0.2, 0.25) is 11.8 Å².